The van der Waals surface area contributed by atoms with Crippen LogP contribution in [0.25, 0.3) is 0 Å². The van der Waals surface area contributed by atoms with Crippen LogP contribution in [0.4, 0.5) is 0 Å². The van der Waals surface area contributed by atoms with Gasteiger partial charge in [-0.15, -0.1) is 0 Å². The molecule has 2 unspecified atom stereocenters. The topological polar surface area (TPSA) is 0 Å². The first-order valence-electron chi connectivity index (χ1n) is 5.65. The fraction of sp³-hybridized carbons (Fsp3) is 0.333. The zero-order valence-electron chi connectivity index (χ0n) is 9.54. The third-order valence-electron chi connectivity index (χ3n) is 3.75. The molecule has 0 N–H and O–H groups in total. The van der Waals surface area contributed by atoms with Crippen LogP contribution in [0.15, 0.2) is 41.5 Å². The van der Waals surface area contributed by atoms with Gasteiger partial charge in [-0.25, -0.2) is 0 Å². The number of aryl methyl sites for hydroxylation is 1. The second kappa shape index (κ2) is 2.85. The van der Waals surface area contributed by atoms with Gasteiger partial charge >= 0.3 is 0 Å². The summed E-state index contributed by atoms with van der Waals surface area (Å²) in [5.74, 6) is 1.16. The molecule has 1 aromatic carbocycles. The Hall–Kier alpha value is -1.30. The fourth-order valence-electron chi connectivity index (χ4n) is 3.17. The number of allylic oxidation sites excluding steroid dienone is 4. The summed E-state index contributed by atoms with van der Waals surface area (Å²) in [6.45, 7) is 6.71. The van der Waals surface area contributed by atoms with Crippen molar-refractivity contribution in [2.24, 2.45) is 0 Å². The number of fused-ring (bicyclic) bond motifs is 5. The lowest BCUT2D eigenvalue weighted by Crippen LogP contribution is -1.95. The van der Waals surface area contributed by atoms with Crippen molar-refractivity contribution < 1.29 is 0 Å². The molecule has 0 amide bonds. The van der Waals surface area contributed by atoms with Gasteiger partial charge in [-0.05, 0) is 43.0 Å². The summed E-state index contributed by atoms with van der Waals surface area (Å²) >= 11 is 0. The molecule has 0 aliphatic heterocycles. The average molecular weight is 196 g/mol. The Morgan fingerprint density at radius 1 is 1.07 bits per heavy atom. The van der Waals surface area contributed by atoms with Gasteiger partial charge in [-0.3, -0.25) is 0 Å². The van der Waals surface area contributed by atoms with Crippen molar-refractivity contribution in [2.75, 3.05) is 0 Å². The van der Waals surface area contributed by atoms with Crippen molar-refractivity contribution in [1.82, 2.24) is 0 Å². The van der Waals surface area contributed by atoms with Gasteiger partial charge in [0.15, 0.2) is 0 Å². The van der Waals surface area contributed by atoms with Crippen LogP contribution in [0.2, 0.25) is 0 Å². The standard InChI is InChI=1S/C15H16/c1-9(2)14-12-7-8-13(14)15-10(3)5-4-6-11(12)15/h4-8,12-13H,1-3H3. The molecule has 0 heterocycles. The highest BCUT2D eigenvalue weighted by atomic mass is 14.4. The third kappa shape index (κ3) is 1.02. The zero-order valence-corrected chi connectivity index (χ0v) is 9.54. The van der Waals surface area contributed by atoms with E-state index in [1.807, 2.05) is 0 Å². The van der Waals surface area contributed by atoms with E-state index in [1.165, 1.54) is 11.1 Å². The maximum absolute atomic E-state index is 2.38. The van der Waals surface area contributed by atoms with Gasteiger partial charge in [0.1, 0.15) is 0 Å². The van der Waals surface area contributed by atoms with Gasteiger partial charge in [-0.1, -0.05) is 35.9 Å². The molecule has 0 nitrogen and oxygen atoms in total. The first kappa shape index (κ1) is 8.96. The van der Waals surface area contributed by atoms with Gasteiger partial charge in [0, 0.05) is 11.8 Å². The Balaban J connectivity index is 2.29. The van der Waals surface area contributed by atoms with E-state index in [4.69, 9.17) is 0 Å². The van der Waals surface area contributed by atoms with Crippen LogP contribution in [0, 0.1) is 6.92 Å². The highest BCUT2D eigenvalue weighted by Crippen LogP contribution is 2.54. The van der Waals surface area contributed by atoms with Gasteiger partial charge in [0.05, 0.1) is 0 Å². The SMILES string of the molecule is CC(C)=C1C2C=CC1c1c(C)cccc12. The predicted molar refractivity (Wildman–Crippen MR) is 64.2 cm³/mol. The van der Waals surface area contributed by atoms with Crippen molar-refractivity contribution >= 4 is 0 Å². The lowest BCUT2D eigenvalue weighted by atomic mass is 9.93. The van der Waals surface area contributed by atoms with Crippen molar-refractivity contribution in [2.45, 2.75) is 32.6 Å². The smallest absolute Gasteiger partial charge is 0.0246 e. The van der Waals surface area contributed by atoms with E-state index in [0.29, 0.717) is 11.8 Å². The molecule has 2 bridgehead atoms. The molecule has 0 saturated heterocycles. The minimum absolute atomic E-state index is 0.579. The van der Waals surface area contributed by atoms with Gasteiger partial charge in [-0.2, -0.15) is 0 Å². The zero-order chi connectivity index (χ0) is 10.6. The summed E-state index contributed by atoms with van der Waals surface area (Å²) in [5, 5.41) is 0. The third-order valence-corrected chi connectivity index (χ3v) is 3.75. The molecule has 15 heavy (non-hydrogen) atoms. The summed E-state index contributed by atoms with van der Waals surface area (Å²) in [5.41, 5.74) is 7.67. The predicted octanol–water partition coefficient (Wildman–Crippen LogP) is 4.08. The first-order chi connectivity index (χ1) is 7.20. The molecule has 2 atom stereocenters. The Morgan fingerprint density at radius 2 is 1.80 bits per heavy atom. The van der Waals surface area contributed by atoms with Crippen LogP contribution >= 0.6 is 0 Å². The van der Waals surface area contributed by atoms with E-state index in [-0.39, 0.29) is 0 Å². The minimum Gasteiger partial charge on any atom is -0.0760 e. The largest absolute Gasteiger partial charge is 0.0760 e. The van der Waals surface area contributed by atoms with E-state index in [1.54, 1.807) is 16.7 Å². The Bertz CT molecular complexity index is 485. The van der Waals surface area contributed by atoms with E-state index in [2.05, 4.69) is 51.1 Å². The highest BCUT2D eigenvalue weighted by Gasteiger charge is 2.38. The molecule has 0 heteroatoms. The van der Waals surface area contributed by atoms with Crippen molar-refractivity contribution in [3.05, 3.63) is 58.2 Å². The van der Waals surface area contributed by atoms with E-state index in [0.717, 1.165) is 0 Å². The molecule has 0 aromatic heterocycles. The molecular formula is C15H16. The van der Waals surface area contributed by atoms with E-state index >= 15 is 0 Å². The van der Waals surface area contributed by atoms with Crippen LogP contribution in [-0.4, -0.2) is 0 Å². The summed E-state index contributed by atoms with van der Waals surface area (Å²) < 4.78 is 0. The van der Waals surface area contributed by atoms with Crippen LogP contribution in [0.3, 0.4) is 0 Å². The normalized spacial score (nSPS) is 25.9. The van der Waals surface area contributed by atoms with Crippen LogP contribution in [-0.2, 0) is 0 Å². The van der Waals surface area contributed by atoms with Gasteiger partial charge < -0.3 is 0 Å². The molecule has 0 spiro atoms. The summed E-state index contributed by atoms with van der Waals surface area (Å²) in [4.78, 5) is 0. The van der Waals surface area contributed by atoms with Gasteiger partial charge in [0.25, 0.3) is 0 Å². The number of hydrogen-bond donors (Lipinski definition) is 0. The second-order valence-corrected chi connectivity index (χ2v) is 4.87. The van der Waals surface area contributed by atoms with Crippen LogP contribution < -0.4 is 0 Å². The van der Waals surface area contributed by atoms with Crippen LogP contribution in [0.1, 0.15) is 42.4 Å². The number of benzene rings is 1. The van der Waals surface area contributed by atoms with Gasteiger partial charge in [0.2, 0.25) is 0 Å². The Kier molecular flexibility index (Phi) is 1.70. The van der Waals surface area contributed by atoms with Crippen molar-refractivity contribution in [3.63, 3.8) is 0 Å². The molecule has 3 rings (SSSR count). The molecule has 0 saturated carbocycles. The van der Waals surface area contributed by atoms with Crippen molar-refractivity contribution in [3.8, 4) is 0 Å². The molecule has 2 aliphatic rings. The summed E-state index contributed by atoms with van der Waals surface area (Å²) in [7, 11) is 0. The molecule has 0 radical (unpaired) electrons. The fourth-order valence-corrected chi connectivity index (χ4v) is 3.17. The maximum atomic E-state index is 2.38. The maximum Gasteiger partial charge on any atom is 0.0246 e. The number of rotatable bonds is 0. The second-order valence-electron chi connectivity index (χ2n) is 4.87. The lowest BCUT2D eigenvalue weighted by Gasteiger charge is -2.11. The summed E-state index contributed by atoms with van der Waals surface area (Å²) in [6, 6.07) is 6.71. The van der Waals surface area contributed by atoms with Crippen LogP contribution in [0.5, 0.6) is 0 Å². The molecule has 2 aliphatic carbocycles. The molecule has 1 aromatic rings. The minimum atomic E-state index is 0.579. The highest BCUT2D eigenvalue weighted by molar-refractivity contribution is 5.62. The Morgan fingerprint density at radius 3 is 2.47 bits per heavy atom. The van der Waals surface area contributed by atoms with E-state index in [9.17, 15) is 0 Å². The molecular weight excluding hydrogens is 180 g/mol. The molecule has 76 valence electrons. The van der Waals surface area contributed by atoms with E-state index < -0.39 is 0 Å². The quantitative estimate of drug-likeness (QED) is 0.548. The number of hydrogen-bond acceptors (Lipinski definition) is 0. The first-order valence-corrected chi connectivity index (χ1v) is 5.65. The summed E-state index contributed by atoms with van der Waals surface area (Å²) in [6.07, 6.45) is 4.75. The monoisotopic (exact) mass is 196 g/mol. The molecule has 0 fully saturated rings. The Labute approximate surface area is 91.3 Å². The lowest BCUT2D eigenvalue weighted by molar-refractivity contribution is 0.989. The average Bonchev–Trinajstić information content (AvgIpc) is 2.73. The van der Waals surface area contributed by atoms with Crippen molar-refractivity contribution in [1.29, 1.82) is 0 Å².